The first-order chi connectivity index (χ1) is 13.2. The molecule has 7 nitrogen and oxygen atoms in total. The predicted molar refractivity (Wildman–Crippen MR) is 104 cm³/mol. The molecule has 4 rings (SSSR count). The summed E-state index contributed by atoms with van der Waals surface area (Å²) in [7, 11) is 1.97. The van der Waals surface area contributed by atoms with Crippen molar-refractivity contribution in [3.8, 4) is 22.8 Å². The fourth-order valence-corrected chi connectivity index (χ4v) is 3.56. The third-order valence-electron chi connectivity index (χ3n) is 4.89. The molecule has 27 heavy (non-hydrogen) atoms. The Labute approximate surface area is 158 Å². The Balaban J connectivity index is 1.95. The van der Waals surface area contributed by atoms with Gasteiger partial charge in [0, 0.05) is 25.4 Å². The summed E-state index contributed by atoms with van der Waals surface area (Å²) in [6.45, 7) is 4.99. The van der Waals surface area contributed by atoms with Gasteiger partial charge in [-0.3, -0.25) is 4.68 Å². The van der Waals surface area contributed by atoms with Crippen molar-refractivity contribution in [1.29, 1.82) is 0 Å². The fourth-order valence-electron chi connectivity index (χ4n) is 3.56. The summed E-state index contributed by atoms with van der Waals surface area (Å²) in [6.07, 6.45) is 6.27. The topological polar surface area (TPSA) is 66.3 Å². The lowest BCUT2D eigenvalue weighted by molar-refractivity contribution is 0.519. The van der Waals surface area contributed by atoms with Gasteiger partial charge in [-0.05, 0) is 19.4 Å². The van der Waals surface area contributed by atoms with Crippen LogP contribution in [0.5, 0.6) is 0 Å². The number of aryl methyl sites for hydroxylation is 2. The summed E-state index contributed by atoms with van der Waals surface area (Å²) in [4.78, 5) is 9.34. The van der Waals surface area contributed by atoms with E-state index < -0.39 is 0 Å². The van der Waals surface area contributed by atoms with Crippen molar-refractivity contribution < 1.29 is 0 Å². The van der Waals surface area contributed by atoms with Gasteiger partial charge in [-0.2, -0.15) is 10.2 Å². The molecule has 0 aliphatic rings. The number of benzene rings is 1. The lowest BCUT2D eigenvalue weighted by Gasteiger charge is -2.20. The zero-order valence-electron chi connectivity index (χ0n) is 15.8. The van der Waals surface area contributed by atoms with Gasteiger partial charge in [-0.1, -0.05) is 37.3 Å². The molecule has 0 unspecified atom stereocenters. The zero-order chi connectivity index (χ0) is 18.8. The van der Waals surface area contributed by atoms with Crippen LogP contribution >= 0.6 is 0 Å². The molecule has 0 aliphatic heterocycles. The second-order valence-corrected chi connectivity index (χ2v) is 6.42. The summed E-state index contributed by atoms with van der Waals surface area (Å²) in [5, 5.41) is 8.73. The van der Waals surface area contributed by atoms with Crippen LogP contribution in [0.25, 0.3) is 22.8 Å². The molecule has 1 aromatic carbocycles. The largest absolute Gasteiger partial charge is 0.318 e. The second kappa shape index (κ2) is 7.19. The van der Waals surface area contributed by atoms with Crippen molar-refractivity contribution in [2.24, 2.45) is 7.05 Å². The number of hydrogen-bond acceptors (Lipinski definition) is 4. The minimum atomic E-state index is 0.111. The maximum absolute atomic E-state index is 4.78. The Morgan fingerprint density at radius 2 is 1.81 bits per heavy atom. The van der Waals surface area contributed by atoms with E-state index in [9.17, 15) is 0 Å². The van der Waals surface area contributed by atoms with E-state index in [1.54, 1.807) is 6.33 Å². The standard InChI is InChI=1S/C20H23N7/c1-4-16(17-11-12-23-25(17)3)26-14-22-18(15-9-7-6-8-10-15)19(26)20-21-13-24-27(20)5-2/h6-14,16H,4-5H2,1-3H3/t16-/m0/s1. The minimum Gasteiger partial charge on any atom is -0.318 e. The van der Waals surface area contributed by atoms with Crippen molar-refractivity contribution in [2.45, 2.75) is 32.9 Å². The van der Waals surface area contributed by atoms with Gasteiger partial charge >= 0.3 is 0 Å². The smallest absolute Gasteiger partial charge is 0.177 e. The number of nitrogens with zero attached hydrogens (tertiary/aromatic N) is 7. The summed E-state index contributed by atoms with van der Waals surface area (Å²) >= 11 is 0. The monoisotopic (exact) mass is 361 g/mol. The quantitative estimate of drug-likeness (QED) is 0.527. The summed E-state index contributed by atoms with van der Waals surface area (Å²) < 4.78 is 6.04. The second-order valence-electron chi connectivity index (χ2n) is 6.42. The summed E-state index contributed by atoms with van der Waals surface area (Å²) in [5.41, 5.74) is 4.10. The van der Waals surface area contributed by atoms with E-state index in [1.807, 2.05) is 47.1 Å². The molecule has 0 N–H and O–H groups in total. The van der Waals surface area contributed by atoms with Gasteiger partial charge in [0.25, 0.3) is 0 Å². The first-order valence-corrected chi connectivity index (χ1v) is 9.22. The van der Waals surface area contributed by atoms with Gasteiger partial charge in [0.2, 0.25) is 0 Å². The highest BCUT2D eigenvalue weighted by atomic mass is 15.3. The van der Waals surface area contributed by atoms with Gasteiger partial charge in [0.05, 0.1) is 23.8 Å². The van der Waals surface area contributed by atoms with Crippen LogP contribution in [0.15, 0.2) is 55.2 Å². The molecule has 0 saturated carbocycles. The van der Waals surface area contributed by atoms with Crippen LogP contribution in [0.2, 0.25) is 0 Å². The van der Waals surface area contributed by atoms with E-state index in [2.05, 4.69) is 51.8 Å². The van der Waals surface area contributed by atoms with Gasteiger partial charge in [0.1, 0.15) is 12.0 Å². The van der Waals surface area contributed by atoms with E-state index in [0.29, 0.717) is 0 Å². The third kappa shape index (κ3) is 2.95. The number of rotatable bonds is 6. The van der Waals surface area contributed by atoms with E-state index in [-0.39, 0.29) is 6.04 Å². The van der Waals surface area contributed by atoms with Crippen LogP contribution < -0.4 is 0 Å². The van der Waals surface area contributed by atoms with Crippen molar-refractivity contribution in [1.82, 2.24) is 34.1 Å². The van der Waals surface area contributed by atoms with Crippen molar-refractivity contribution >= 4 is 0 Å². The van der Waals surface area contributed by atoms with Gasteiger partial charge in [-0.25, -0.2) is 14.6 Å². The molecule has 1 atom stereocenters. The third-order valence-corrected chi connectivity index (χ3v) is 4.89. The molecule has 0 radical (unpaired) electrons. The Kier molecular flexibility index (Phi) is 4.58. The molecule has 138 valence electrons. The molecule has 0 fully saturated rings. The average Bonchev–Trinajstić information content (AvgIpc) is 3.43. The van der Waals surface area contributed by atoms with Crippen LogP contribution in [0.1, 0.15) is 32.0 Å². The molecule has 3 heterocycles. The molecular formula is C20H23N7. The average molecular weight is 361 g/mol. The van der Waals surface area contributed by atoms with Crippen LogP contribution in [0.4, 0.5) is 0 Å². The minimum absolute atomic E-state index is 0.111. The Bertz CT molecular complexity index is 1030. The molecule has 0 bridgehead atoms. The summed E-state index contributed by atoms with van der Waals surface area (Å²) in [6, 6.07) is 12.4. The van der Waals surface area contributed by atoms with Crippen molar-refractivity contribution in [3.05, 3.63) is 60.9 Å². The summed E-state index contributed by atoms with van der Waals surface area (Å²) in [5.74, 6) is 0.828. The van der Waals surface area contributed by atoms with Crippen LogP contribution in [0.3, 0.4) is 0 Å². The number of aromatic nitrogens is 7. The maximum Gasteiger partial charge on any atom is 0.177 e. The molecule has 0 saturated heterocycles. The maximum atomic E-state index is 4.78. The highest BCUT2D eigenvalue weighted by Crippen LogP contribution is 2.34. The first kappa shape index (κ1) is 17.2. The number of hydrogen-bond donors (Lipinski definition) is 0. The van der Waals surface area contributed by atoms with Crippen LogP contribution in [0, 0.1) is 0 Å². The Hall–Kier alpha value is -3.22. The lowest BCUT2D eigenvalue weighted by Crippen LogP contribution is -2.15. The molecule has 3 aromatic heterocycles. The molecule has 0 amide bonds. The normalized spacial score (nSPS) is 12.4. The van der Waals surface area contributed by atoms with E-state index in [0.717, 1.165) is 41.4 Å². The first-order valence-electron chi connectivity index (χ1n) is 9.22. The molecule has 0 spiro atoms. The van der Waals surface area contributed by atoms with Gasteiger partial charge < -0.3 is 4.57 Å². The molecular weight excluding hydrogens is 338 g/mol. The lowest BCUT2D eigenvalue weighted by atomic mass is 10.1. The van der Waals surface area contributed by atoms with Crippen LogP contribution in [-0.2, 0) is 13.6 Å². The Morgan fingerprint density at radius 1 is 1.00 bits per heavy atom. The Morgan fingerprint density at radius 3 is 2.48 bits per heavy atom. The zero-order valence-corrected chi connectivity index (χ0v) is 15.8. The SMILES string of the molecule is CC[C@@H](c1ccnn1C)n1cnc(-c2ccccc2)c1-c1ncnn1CC. The van der Waals surface area contributed by atoms with Crippen molar-refractivity contribution in [2.75, 3.05) is 0 Å². The highest BCUT2D eigenvalue weighted by molar-refractivity contribution is 5.75. The molecule has 7 heteroatoms. The predicted octanol–water partition coefficient (Wildman–Crippen LogP) is 3.56. The van der Waals surface area contributed by atoms with Crippen molar-refractivity contribution in [3.63, 3.8) is 0 Å². The van der Waals surface area contributed by atoms with Gasteiger partial charge in [0.15, 0.2) is 5.82 Å². The molecule has 4 aromatic rings. The van der Waals surface area contributed by atoms with Crippen LogP contribution in [-0.4, -0.2) is 34.1 Å². The van der Waals surface area contributed by atoms with E-state index in [4.69, 9.17) is 4.98 Å². The highest BCUT2D eigenvalue weighted by Gasteiger charge is 2.25. The fraction of sp³-hybridized carbons (Fsp3) is 0.300. The van der Waals surface area contributed by atoms with Gasteiger partial charge in [-0.15, -0.1) is 0 Å². The number of imidazole rings is 1. The molecule has 0 aliphatic carbocycles. The van der Waals surface area contributed by atoms with E-state index >= 15 is 0 Å². The van der Waals surface area contributed by atoms with E-state index in [1.165, 1.54) is 0 Å².